The number of hydrogen-bond donors (Lipinski definition) is 0. The molecule has 3 aromatic rings. The van der Waals surface area contributed by atoms with Crippen molar-refractivity contribution in [3.63, 3.8) is 0 Å². The number of hydrogen-bond acceptors (Lipinski definition) is 6. The Morgan fingerprint density at radius 3 is 2.75 bits per heavy atom. The summed E-state index contributed by atoms with van der Waals surface area (Å²) in [5.41, 5.74) is 1.52. The van der Waals surface area contributed by atoms with E-state index in [-0.39, 0.29) is 5.97 Å². The summed E-state index contributed by atoms with van der Waals surface area (Å²) >= 11 is 13.5. The van der Waals surface area contributed by atoms with Crippen LogP contribution in [0.5, 0.6) is 0 Å². The summed E-state index contributed by atoms with van der Waals surface area (Å²) in [5.74, 6) is 0.293. The Morgan fingerprint density at radius 2 is 2.07 bits per heavy atom. The van der Waals surface area contributed by atoms with Gasteiger partial charge in [-0.25, -0.2) is 0 Å². The molecule has 146 valence electrons. The highest BCUT2D eigenvalue weighted by Crippen LogP contribution is 2.32. The van der Waals surface area contributed by atoms with Crippen LogP contribution in [0.3, 0.4) is 0 Å². The van der Waals surface area contributed by atoms with Gasteiger partial charge in [0.1, 0.15) is 5.25 Å². The molecule has 0 N–H and O–H groups in total. The van der Waals surface area contributed by atoms with Gasteiger partial charge >= 0.3 is 5.97 Å². The minimum atomic E-state index is -0.445. The van der Waals surface area contributed by atoms with Crippen molar-refractivity contribution in [3.8, 4) is 17.1 Å². The Morgan fingerprint density at radius 1 is 1.25 bits per heavy atom. The maximum atomic E-state index is 12.2. The van der Waals surface area contributed by atoms with E-state index < -0.39 is 5.25 Å². The first-order chi connectivity index (χ1) is 13.5. The number of thioether (sulfide) groups is 1. The summed E-state index contributed by atoms with van der Waals surface area (Å²) in [6.07, 6.45) is 4.16. The van der Waals surface area contributed by atoms with Gasteiger partial charge in [-0.15, -0.1) is 10.2 Å². The molecular formula is C19H18Cl2N4O2S. The summed E-state index contributed by atoms with van der Waals surface area (Å²) in [4.78, 5) is 16.3. The highest BCUT2D eigenvalue weighted by atomic mass is 35.5. The van der Waals surface area contributed by atoms with Gasteiger partial charge in [-0.2, -0.15) is 0 Å². The fourth-order valence-corrected chi connectivity index (χ4v) is 3.57. The van der Waals surface area contributed by atoms with E-state index in [9.17, 15) is 4.79 Å². The molecule has 0 aliphatic heterocycles. The number of halogens is 2. The molecule has 2 heterocycles. The number of esters is 1. The lowest BCUT2D eigenvalue weighted by Crippen LogP contribution is -2.18. The van der Waals surface area contributed by atoms with Crippen molar-refractivity contribution in [2.45, 2.75) is 30.7 Å². The fourth-order valence-electron chi connectivity index (χ4n) is 2.41. The zero-order valence-corrected chi connectivity index (χ0v) is 17.6. The third-order valence-corrected chi connectivity index (χ3v) is 5.54. The second-order valence-corrected chi connectivity index (χ2v) is 8.03. The summed E-state index contributed by atoms with van der Waals surface area (Å²) in [7, 11) is 0. The molecule has 0 amide bonds. The Labute approximate surface area is 177 Å². The molecule has 0 saturated carbocycles. The summed E-state index contributed by atoms with van der Waals surface area (Å²) in [5, 5.41) is 9.56. The van der Waals surface area contributed by atoms with Gasteiger partial charge < -0.3 is 4.74 Å². The number of benzene rings is 1. The fraction of sp³-hybridized carbons (Fsp3) is 0.263. The molecule has 1 unspecified atom stereocenters. The third kappa shape index (κ3) is 4.66. The maximum Gasteiger partial charge on any atom is 0.319 e. The highest BCUT2D eigenvalue weighted by Gasteiger charge is 2.23. The summed E-state index contributed by atoms with van der Waals surface area (Å²) < 4.78 is 7.06. The molecule has 6 nitrogen and oxygen atoms in total. The molecule has 1 aromatic carbocycles. The largest absolute Gasteiger partial charge is 0.465 e. The zero-order chi connectivity index (χ0) is 20.1. The van der Waals surface area contributed by atoms with Crippen molar-refractivity contribution in [2.75, 3.05) is 6.61 Å². The normalized spacial score (nSPS) is 12.0. The SMILES string of the molecule is CCCOC(=O)C(C)Sc1nnc(-c2cccnc2)n1-c1ccc(Cl)c(Cl)c1. The van der Waals surface area contributed by atoms with Crippen LogP contribution in [-0.4, -0.2) is 37.6 Å². The van der Waals surface area contributed by atoms with Gasteiger partial charge in [-0.05, 0) is 43.7 Å². The molecule has 9 heteroatoms. The van der Waals surface area contributed by atoms with Crippen molar-refractivity contribution in [2.24, 2.45) is 0 Å². The van der Waals surface area contributed by atoms with E-state index in [1.165, 1.54) is 11.8 Å². The van der Waals surface area contributed by atoms with Gasteiger partial charge in [-0.3, -0.25) is 14.3 Å². The van der Waals surface area contributed by atoms with Gasteiger partial charge in [-0.1, -0.05) is 41.9 Å². The Hall–Kier alpha value is -2.09. The quantitative estimate of drug-likeness (QED) is 0.380. The molecule has 0 aliphatic carbocycles. The number of nitrogens with zero attached hydrogens (tertiary/aromatic N) is 4. The minimum absolute atomic E-state index is 0.293. The van der Waals surface area contributed by atoms with Crippen LogP contribution in [0.2, 0.25) is 10.0 Å². The van der Waals surface area contributed by atoms with Gasteiger partial charge in [0.05, 0.1) is 22.3 Å². The second kappa shape index (κ2) is 9.41. The van der Waals surface area contributed by atoms with E-state index in [4.69, 9.17) is 27.9 Å². The van der Waals surface area contributed by atoms with Crippen LogP contribution in [-0.2, 0) is 9.53 Å². The van der Waals surface area contributed by atoms with Crippen LogP contribution >= 0.6 is 35.0 Å². The van der Waals surface area contributed by atoms with Crippen LogP contribution in [0.1, 0.15) is 20.3 Å². The van der Waals surface area contributed by atoms with E-state index in [2.05, 4.69) is 15.2 Å². The molecule has 2 aromatic heterocycles. The highest BCUT2D eigenvalue weighted by molar-refractivity contribution is 8.00. The topological polar surface area (TPSA) is 69.9 Å². The van der Waals surface area contributed by atoms with Crippen LogP contribution in [0.25, 0.3) is 17.1 Å². The molecule has 0 bridgehead atoms. The number of rotatable bonds is 7. The van der Waals surface area contributed by atoms with E-state index in [0.29, 0.717) is 27.6 Å². The predicted molar refractivity (Wildman–Crippen MR) is 111 cm³/mol. The van der Waals surface area contributed by atoms with Crippen molar-refractivity contribution in [1.29, 1.82) is 0 Å². The Kier molecular flexibility index (Phi) is 6.93. The van der Waals surface area contributed by atoms with Crippen LogP contribution in [0.4, 0.5) is 0 Å². The van der Waals surface area contributed by atoms with E-state index in [0.717, 1.165) is 17.7 Å². The van der Waals surface area contributed by atoms with Crippen molar-refractivity contribution in [3.05, 3.63) is 52.8 Å². The standard InChI is InChI=1S/C19H18Cl2N4O2S/c1-3-9-27-18(26)12(2)28-19-24-23-17(13-5-4-8-22-11-13)25(19)14-6-7-15(20)16(21)10-14/h4-8,10-12H,3,9H2,1-2H3. The first-order valence-corrected chi connectivity index (χ1v) is 10.3. The van der Waals surface area contributed by atoms with Gasteiger partial charge in [0.15, 0.2) is 11.0 Å². The number of carbonyl (C=O) groups excluding carboxylic acids is 1. The number of ether oxygens (including phenoxy) is 1. The number of aromatic nitrogens is 4. The van der Waals surface area contributed by atoms with E-state index in [1.54, 1.807) is 31.5 Å². The third-order valence-electron chi connectivity index (χ3n) is 3.78. The lowest BCUT2D eigenvalue weighted by atomic mass is 10.2. The molecule has 0 saturated heterocycles. The Bertz CT molecular complexity index is 966. The molecule has 0 spiro atoms. The lowest BCUT2D eigenvalue weighted by Gasteiger charge is -2.13. The average molecular weight is 437 g/mol. The molecule has 1 atom stereocenters. The molecule has 3 rings (SSSR count). The molecule has 0 radical (unpaired) electrons. The zero-order valence-electron chi connectivity index (χ0n) is 15.3. The average Bonchev–Trinajstić information content (AvgIpc) is 3.12. The predicted octanol–water partition coefficient (Wildman–Crippen LogP) is 5.07. The number of carbonyl (C=O) groups is 1. The smallest absolute Gasteiger partial charge is 0.319 e. The van der Waals surface area contributed by atoms with Crippen molar-refractivity contribution < 1.29 is 9.53 Å². The number of pyridine rings is 1. The molecule has 0 fully saturated rings. The van der Waals surface area contributed by atoms with Crippen molar-refractivity contribution >= 4 is 40.9 Å². The minimum Gasteiger partial charge on any atom is -0.465 e. The maximum absolute atomic E-state index is 12.2. The monoisotopic (exact) mass is 436 g/mol. The van der Waals surface area contributed by atoms with E-state index in [1.807, 2.05) is 29.7 Å². The Balaban J connectivity index is 2.02. The van der Waals surface area contributed by atoms with Crippen LogP contribution in [0, 0.1) is 0 Å². The van der Waals surface area contributed by atoms with Gasteiger partial charge in [0.25, 0.3) is 0 Å². The lowest BCUT2D eigenvalue weighted by molar-refractivity contribution is -0.142. The molecule has 0 aliphatic rings. The summed E-state index contributed by atoms with van der Waals surface area (Å²) in [6.45, 7) is 4.12. The van der Waals surface area contributed by atoms with Crippen LogP contribution in [0.15, 0.2) is 47.9 Å². The first-order valence-electron chi connectivity index (χ1n) is 8.65. The second-order valence-electron chi connectivity index (χ2n) is 5.91. The first kappa shape index (κ1) is 20.6. The molecular weight excluding hydrogens is 419 g/mol. The van der Waals surface area contributed by atoms with E-state index >= 15 is 0 Å². The van der Waals surface area contributed by atoms with Crippen molar-refractivity contribution in [1.82, 2.24) is 19.7 Å². The van der Waals surface area contributed by atoms with Gasteiger partial charge in [0.2, 0.25) is 0 Å². The van der Waals surface area contributed by atoms with Crippen LogP contribution < -0.4 is 0 Å². The molecule has 28 heavy (non-hydrogen) atoms. The summed E-state index contributed by atoms with van der Waals surface area (Å²) in [6, 6.07) is 8.97. The van der Waals surface area contributed by atoms with Gasteiger partial charge in [0, 0.05) is 18.0 Å².